The molecule has 3 heteroatoms. The molecule has 4 atom stereocenters. The third-order valence-corrected chi connectivity index (χ3v) is 5.56. The molecule has 2 aliphatic carbocycles. The topological polar surface area (TPSA) is 42.0 Å². The van der Waals surface area contributed by atoms with Gasteiger partial charge < -0.3 is 5.32 Å². The molecule has 0 radical (unpaired) electrons. The predicted molar refractivity (Wildman–Crippen MR) is 90.1 cm³/mol. The zero-order valence-corrected chi connectivity index (χ0v) is 13.2. The number of hydrogen-bond donors (Lipinski definition) is 1. The molecule has 0 bridgehead atoms. The van der Waals surface area contributed by atoms with Gasteiger partial charge in [0.15, 0.2) is 0 Å². The molecule has 4 rings (SSSR count). The standard InChI is InChI=1S/C20H22N2O/c23-20(17-12-6-7-13-21-17)22-19-16-11-5-4-10-15(16)18(19)14-8-2-1-3-9-14/h1-3,6-9,12-13,15-16,18-19H,4-5,10-11H2,(H,22,23)/t15-,16+,18+,19+/m1/s1. The van der Waals surface area contributed by atoms with Gasteiger partial charge in [0.25, 0.3) is 5.91 Å². The van der Waals surface area contributed by atoms with Crippen molar-refractivity contribution in [1.29, 1.82) is 0 Å². The zero-order chi connectivity index (χ0) is 15.6. The number of pyridine rings is 1. The van der Waals surface area contributed by atoms with Gasteiger partial charge in [0, 0.05) is 18.2 Å². The van der Waals surface area contributed by atoms with Crippen LogP contribution in [0.2, 0.25) is 0 Å². The van der Waals surface area contributed by atoms with Crippen LogP contribution in [-0.4, -0.2) is 16.9 Å². The Morgan fingerprint density at radius 3 is 2.43 bits per heavy atom. The van der Waals surface area contributed by atoms with E-state index in [-0.39, 0.29) is 11.9 Å². The molecule has 1 heterocycles. The number of carbonyl (C=O) groups excluding carboxylic acids is 1. The van der Waals surface area contributed by atoms with E-state index in [4.69, 9.17) is 0 Å². The van der Waals surface area contributed by atoms with E-state index in [2.05, 4.69) is 40.6 Å². The fourth-order valence-corrected chi connectivity index (χ4v) is 4.52. The van der Waals surface area contributed by atoms with Crippen LogP contribution < -0.4 is 5.32 Å². The third-order valence-electron chi connectivity index (χ3n) is 5.56. The Bertz CT molecular complexity index is 671. The van der Waals surface area contributed by atoms with Gasteiger partial charge in [-0.1, -0.05) is 49.2 Å². The molecule has 0 aliphatic heterocycles. The summed E-state index contributed by atoms with van der Waals surface area (Å²) in [5.41, 5.74) is 1.88. The number of benzene rings is 1. The first-order valence-corrected chi connectivity index (χ1v) is 8.61. The van der Waals surface area contributed by atoms with Crippen LogP contribution in [0.5, 0.6) is 0 Å². The second-order valence-corrected chi connectivity index (χ2v) is 6.76. The van der Waals surface area contributed by atoms with Crippen LogP contribution in [0.3, 0.4) is 0 Å². The van der Waals surface area contributed by atoms with Crippen LogP contribution in [-0.2, 0) is 0 Å². The molecular weight excluding hydrogens is 284 g/mol. The zero-order valence-electron chi connectivity index (χ0n) is 13.2. The Labute approximate surface area is 137 Å². The number of nitrogens with zero attached hydrogens (tertiary/aromatic N) is 1. The van der Waals surface area contributed by atoms with E-state index in [9.17, 15) is 4.79 Å². The van der Waals surface area contributed by atoms with Gasteiger partial charge in [-0.25, -0.2) is 0 Å². The Balaban J connectivity index is 1.56. The molecular formula is C20H22N2O. The Kier molecular flexibility index (Phi) is 3.86. The monoisotopic (exact) mass is 306 g/mol. The lowest BCUT2D eigenvalue weighted by molar-refractivity contribution is 0.0250. The smallest absolute Gasteiger partial charge is 0.270 e. The number of nitrogens with one attached hydrogen (secondary N) is 1. The molecule has 1 N–H and O–H groups in total. The molecule has 3 nitrogen and oxygen atoms in total. The SMILES string of the molecule is O=C(N[C@H]1[C@H]2CCCC[C@H]2[C@@H]1c1ccccc1)c1ccccn1. The maximum absolute atomic E-state index is 12.5. The Hall–Kier alpha value is -2.16. The van der Waals surface area contributed by atoms with E-state index >= 15 is 0 Å². The van der Waals surface area contributed by atoms with Crippen LogP contribution in [0.25, 0.3) is 0 Å². The Morgan fingerprint density at radius 1 is 0.957 bits per heavy atom. The largest absolute Gasteiger partial charge is 0.347 e. The average Bonchev–Trinajstić information content (AvgIpc) is 2.61. The molecule has 2 aliphatic rings. The second kappa shape index (κ2) is 6.15. The summed E-state index contributed by atoms with van der Waals surface area (Å²) in [7, 11) is 0. The molecule has 1 amide bonds. The van der Waals surface area contributed by atoms with E-state index in [1.807, 2.05) is 12.1 Å². The van der Waals surface area contributed by atoms with E-state index in [1.54, 1.807) is 12.3 Å². The fraction of sp³-hybridized carbons (Fsp3) is 0.400. The molecule has 1 aromatic carbocycles. The van der Waals surface area contributed by atoms with Gasteiger partial charge in [-0.05, 0) is 42.4 Å². The quantitative estimate of drug-likeness (QED) is 0.937. The van der Waals surface area contributed by atoms with E-state index in [0.29, 0.717) is 17.5 Å². The maximum atomic E-state index is 12.5. The second-order valence-electron chi connectivity index (χ2n) is 6.76. The number of carbonyl (C=O) groups is 1. The molecule has 2 fully saturated rings. The highest BCUT2D eigenvalue weighted by atomic mass is 16.2. The lowest BCUT2D eigenvalue weighted by Gasteiger charge is -2.55. The number of fused-ring (bicyclic) bond motifs is 1. The summed E-state index contributed by atoms with van der Waals surface area (Å²) in [6.45, 7) is 0. The Morgan fingerprint density at radius 2 is 1.70 bits per heavy atom. The molecule has 0 saturated heterocycles. The van der Waals surface area contributed by atoms with Crippen LogP contribution >= 0.6 is 0 Å². The molecule has 23 heavy (non-hydrogen) atoms. The average molecular weight is 306 g/mol. The van der Waals surface area contributed by atoms with Crippen LogP contribution in [0.1, 0.15) is 47.7 Å². The molecule has 118 valence electrons. The highest BCUT2D eigenvalue weighted by Gasteiger charge is 2.51. The third kappa shape index (κ3) is 2.65. The van der Waals surface area contributed by atoms with E-state index in [0.717, 1.165) is 5.92 Å². The summed E-state index contributed by atoms with van der Waals surface area (Å²) in [6.07, 6.45) is 6.82. The first kappa shape index (κ1) is 14.4. The lowest BCUT2D eigenvalue weighted by Crippen LogP contribution is -2.59. The number of aromatic nitrogens is 1. The van der Waals surface area contributed by atoms with Crippen molar-refractivity contribution >= 4 is 5.91 Å². The van der Waals surface area contributed by atoms with Crippen molar-refractivity contribution < 1.29 is 4.79 Å². The van der Waals surface area contributed by atoms with Crippen molar-refractivity contribution in [2.75, 3.05) is 0 Å². The van der Waals surface area contributed by atoms with Gasteiger partial charge in [-0.3, -0.25) is 9.78 Å². The molecule has 2 aromatic rings. The predicted octanol–water partition coefficient (Wildman–Crippen LogP) is 3.78. The van der Waals surface area contributed by atoms with Crippen molar-refractivity contribution in [3.8, 4) is 0 Å². The van der Waals surface area contributed by atoms with Crippen molar-refractivity contribution in [3.63, 3.8) is 0 Å². The first-order valence-electron chi connectivity index (χ1n) is 8.61. The van der Waals surface area contributed by atoms with Gasteiger partial charge in [-0.2, -0.15) is 0 Å². The highest BCUT2D eigenvalue weighted by Crippen LogP contribution is 2.54. The van der Waals surface area contributed by atoms with Gasteiger partial charge in [-0.15, -0.1) is 0 Å². The first-order chi connectivity index (χ1) is 11.3. The number of amides is 1. The number of rotatable bonds is 3. The van der Waals surface area contributed by atoms with E-state index < -0.39 is 0 Å². The van der Waals surface area contributed by atoms with Crippen LogP contribution in [0.4, 0.5) is 0 Å². The molecule has 1 aromatic heterocycles. The minimum atomic E-state index is -0.0412. The van der Waals surface area contributed by atoms with Crippen molar-refractivity contribution in [3.05, 3.63) is 66.0 Å². The van der Waals surface area contributed by atoms with Gasteiger partial charge in [0.1, 0.15) is 5.69 Å². The lowest BCUT2D eigenvalue weighted by atomic mass is 9.53. The van der Waals surface area contributed by atoms with Gasteiger partial charge in [0.2, 0.25) is 0 Å². The minimum absolute atomic E-state index is 0.0412. The van der Waals surface area contributed by atoms with Gasteiger partial charge in [0.05, 0.1) is 0 Å². The van der Waals surface area contributed by atoms with Crippen LogP contribution in [0.15, 0.2) is 54.7 Å². The fourth-order valence-electron chi connectivity index (χ4n) is 4.52. The molecule has 0 unspecified atom stereocenters. The van der Waals surface area contributed by atoms with Gasteiger partial charge >= 0.3 is 0 Å². The van der Waals surface area contributed by atoms with Crippen molar-refractivity contribution in [2.24, 2.45) is 11.8 Å². The molecule has 0 spiro atoms. The summed E-state index contributed by atoms with van der Waals surface area (Å²) in [5.74, 6) is 1.76. The number of hydrogen-bond acceptors (Lipinski definition) is 2. The minimum Gasteiger partial charge on any atom is -0.347 e. The van der Waals surface area contributed by atoms with Crippen LogP contribution in [0, 0.1) is 11.8 Å². The van der Waals surface area contributed by atoms with E-state index in [1.165, 1.54) is 31.2 Å². The maximum Gasteiger partial charge on any atom is 0.270 e. The summed E-state index contributed by atoms with van der Waals surface area (Å²) in [4.78, 5) is 16.7. The summed E-state index contributed by atoms with van der Waals surface area (Å²) >= 11 is 0. The normalized spacial score (nSPS) is 29.2. The summed E-state index contributed by atoms with van der Waals surface area (Å²) < 4.78 is 0. The van der Waals surface area contributed by atoms with Crippen molar-refractivity contribution in [2.45, 2.75) is 37.6 Å². The highest BCUT2D eigenvalue weighted by molar-refractivity contribution is 5.92. The summed E-state index contributed by atoms with van der Waals surface area (Å²) in [6, 6.07) is 16.4. The summed E-state index contributed by atoms with van der Waals surface area (Å²) in [5, 5.41) is 3.28. The molecule has 2 saturated carbocycles. The van der Waals surface area contributed by atoms with Crippen molar-refractivity contribution in [1.82, 2.24) is 10.3 Å².